The Kier molecular flexibility index (Phi) is 4.73. The Labute approximate surface area is 133 Å². The second-order valence-electron chi connectivity index (χ2n) is 5.81. The first-order valence-electron chi connectivity index (χ1n) is 7.75. The maximum absolute atomic E-state index is 12.5. The van der Waals surface area contributed by atoms with Crippen LogP contribution in [0.15, 0.2) is 5.38 Å². The molecule has 2 aliphatic rings. The van der Waals surface area contributed by atoms with Crippen LogP contribution in [0.1, 0.15) is 60.1 Å². The molecule has 120 valence electrons. The van der Waals surface area contributed by atoms with Crippen molar-refractivity contribution in [2.45, 2.75) is 50.7 Å². The molecule has 0 aliphatic carbocycles. The van der Waals surface area contributed by atoms with Gasteiger partial charge in [-0.15, -0.1) is 11.3 Å². The highest BCUT2D eigenvalue weighted by Gasteiger charge is 2.33. The smallest absolute Gasteiger partial charge is 0.355 e. The first kappa shape index (κ1) is 15.4. The van der Waals surface area contributed by atoms with E-state index in [4.69, 9.17) is 9.84 Å². The second kappa shape index (κ2) is 6.75. The number of rotatable bonds is 4. The molecule has 0 spiro atoms. The fraction of sp³-hybridized carbons (Fsp3) is 0.667. The highest BCUT2D eigenvalue weighted by atomic mass is 32.1. The van der Waals surface area contributed by atoms with Gasteiger partial charge in [-0.25, -0.2) is 9.78 Å². The van der Waals surface area contributed by atoms with Crippen molar-refractivity contribution in [2.24, 2.45) is 0 Å². The lowest BCUT2D eigenvalue weighted by atomic mass is 10.1. The van der Waals surface area contributed by atoms with Crippen molar-refractivity contribution in [3.05, 3.63) is 16.1 Å². The minimum atomic E-state index is -1.02. The summed E-state index contributed by atoms with van der Waals surface area (Å²) in [5.41, 5.74) is 0.0647. The molecular weight excluding hydrogens is 304 g/mol. The summed E-state index contributed by atoms with van der Waals surface area (Å²) in [6, 6.07) is -0.0748. The highest BCUT2D eigenvalue weighted by Crippen LogP contribution is 2.34. The number of thiazole rings is 1. The number of carboxylic acids is 1. The van der Waals surface area contributed by atoms with Gasteiger partial charge in [0.2, 0.25) is 5.91 Å². The van der Waals surface area contributed by atoms with Gasteiger partial charge in [0.15, 0.2) is 5.69 Å². The van der Waals surface area contributed by atoms with Crippen LogP contribution >= 0.6 is 11.3 Å². The van der Waals surface area contributed by atoms with Gasteiger partial charge in [0.1, 0.15) is 5.01 Å². The lowest BCUT2D eigenvalue weighted by Gasteiger charge is -2.27. The van der Waals surface area contributed by atoms with E-state index in [-0.39, 0.29) is 23.7 Å². The van der Waals surface area contributed by atoms with Gasteiger partial charge >= 0.3 is 5.97 Å². The fourth-order valence-corrected chi connectivity index (χ4v) is 4.08. The SMILES string of the molecule is O=C(O)c1csc([C@H]2CCCN2C(=O)C[C@@H]2CCCCO2)n1. The first-order chi connectivity index (χ1) is 10.6. The molecule has 2 saturated heterocycles. The molecule has 1 amide bonds. The Hall–Kier alpha value is -1.47. The first-order valence-corrected chi connectivity index (χ1v) is 8.63. The normalized spacial score (nSPS) is 25.4. The van der Waals surface area contributed by atoms with E-state index >= 15 is 0 Å². The van der Waals surface area contributed by atoms with Crippen LogP contribution in [0.25, 0.3) is 0 Å². The van der Waals surface area contributed by atoms with Crippen LogP contribution in [0.5, 0.6) is 0 Å². The predicted molar refractivity (Wildman–Crippen MR) is 81.0 cm³/mol. The molecule has 2 atom stereocenters. The van der Waals surface area contributed by atoms with Gasteiger partial charge in [-0.05, 0) is 32.1 Å². The van der Waals surface area contributed by atoms with Crippen LogP contribution < -0.4 is 0 Å². The number of ether oxygens (including phenoxy) is 1. The molecule has 0 unspecified atom stereocenters. The van der Waals surface area contributed by atoms with Crippen LogP contribution in [0.4, 0.5) is 0 Å². The van der Waals surface area contributed by atoms with Crippen molar-refractivity contribution in [2.75, 3.05) is 13.2 Å². The van der Waals surface area contributed by atoms with Crippen LogP contribution in [-0.4, -0.2) is 46.1 Å². The van der Waals surface area contributed by atoms with E-state index in [0.29, 0.717) is 6.42 Å². The van der Waals surface area contributed by atoms with Crippen molar-refractivity contribution >= 4 is 23.2 Å². The maximum Gasteiger partial charge on any atom is 0.355 e. The molecule has 0 bridgehead atoms. The zero-order chi connectivity index (χ0) is 15.5. The molecular formula is C15H20N2O4S. The topological polar surface area (TPSA) is 79.7 Å². The summed E-state index contributed by atoms with van der Waals surface area (Å²) in [5.74, 6) is -0.921. The van der Waals surface area contributed by atoms with Gasteiger partial charge < -0.3 is 14.7 Å². The van der Waals surface area contributed by atoms with Gasteiger partial charge in [0, 0.05) is 18.5 Å². The molecule has 1 N–H and O–H groups in total. The molecule has 1 aromatic rings. The number of carbonyl (C=O) groups excluding carboxylic acids is 1. The minimum Gasteiger partial charge on any atom is -0.476 e. The quantitative estimate of drug-likeness (QED) is 0.920. The monoisotopic (exact) mass is 324 g/mol. The van der Waals surface area contributed by atoms with Crippen LogP contribution in [0.3, 0.4) is 0 Å². The van der Waals surface area contributed by atoms with E-state index in [1.165, 1.54) is 11.3 Å². The van der Waals surface area contributed by atoms with Crippen LogP contribution in [0, 0.1) is 0 Å². The predicted octanol–water partition coefficient (Wildman–Crippen LogP) is 2.46. The molecule has 22 heavy (non-hydrogen) atoms. The Morgan fingerprint density at radius 1 is 1.36 bits per heavy atom. The minimum absolute atomic E-state index is 0.0355. The fourth-order valence-electron chi connectivity index (χ4n) is 3.14. The van der Waals surface area contributed by atoms with Crippen molar-refractivity contribution in [3.63, 3.8) is 0 Å². The molecule has 0 saturated carbocycles. The Balaban J connectivity index is 1.66. The zero-order valence-corrected chi connectivity index (χ0v) is 13.2. The third-order valence-corrected chi connectivity index (χ3v) is 5.22. The Morgan fingerprint density at radius 3 is 2.91 bits per heavy atom. The number of carboxylic acid groups (broad SMARTS) is 1. The van der Waals surface area contributed by atoms with Crippen molar-refractivity contribution in [1.29, 1.82) is 0 Å². The number of nitrogens with zero attached hydrogens (tertiary/aromatic N) is 2. The number of carbonyl (C=O) groups is 2. The molecule has 3 rings (SSSR count). The molecule has 7 heteroatoms. The third kappa shape index (κ3) is 3.30. The number of hydrogen-bond donors (Lipinski definition) is 1. The number of aromatic carboxylic acids is 1. The number of aromatic nitrogens is 1. The summed E-state index contributed by atoms with van der Waals surface area (Å²) in [5, 5.41) is 11.3. The highest BCUT2D eigenvalue weighted by molar-refractivity contribution is 7.09. The van der Waals surface area contributed by atoms with Crippen LogP contribution in [-0.2, 0) is 9.53 Å². The van der Waals surface area contributed by atoms with E-state index in [2.05, 4.69) is 4.98 Å². The van der Waals surface area contributed by atoms with Crippen LogP contribution in [0.2, 0.25) is 0 Å². The van der Waals surface area contributed by atoms with Gasteiger partial charge in [-0.1, -0.05) is 0 Å². The Morgan fingerprint density at radius 2 is 2.23 bits per heavy atom. The van der Waals surface area contributed by atoms with E-state index in [1.807, 2.05) is 4.90 Å². The van der Waals surface area contributed by atoms with E-state index in [1.54, 1.807) is 5.38 Å². The average molecular weight is 324 g/mol. The van der Waals surface area contributed by atoms with E-state index < -0.39 is 5.97 Å². The number of likely N-dealkylation sites (tertiary alicyclic amines) is 1. The molecule has 2 aliphatic heterocycles. The van der Waals surface area contributed by atoms with Gasteiger partial charge in [-0.2, -0.15) is 0 Å². The van der Waals surface area contributed by atoms with Crippen molar-refractivity contribution < 1.29 is 19.4 Å². The number of hydrogen-bond acceptors (Lipinski definition) is 5. The summed E-state index contributed by atoms with van der Waals surface area (Å²) in [7, 11) is 0. The number of amides is 1. The van der Waals surface area contributed by atoms with E-state index in [9.17, 15) is 9.59 Å². The lowest BCUT2D eigenvalue weighted by Crippen LogP contribution is -2.34. The van der Waals surface area contributed by atoms with Gasteiger partial charge in [-0.3, -0.25) is 4.79 Å². The molecule has 1 aromatic heterocycles. The molecule has 0 aromatic carbocycles. The lowest BCUT2D eigenvalue weighted by molar-refractivity contribution is -0.136. The second-order valence-corrected chi connectivity index (χ2v) is 6.70. The largest absolute Gasteiger partial charge is 0.476 e. The molecule has 0 radical (unpaired) electrons. The Bertz CT molecular complexity index is 553. The summed E-state index contributed by atoms with van der Waals surface area (Å²) in [6.45, 7) is 1.47. The standard InChI is InChI=1S/C15H20N2O4S/c18-13(8-10-4-1-2-7-21-10)17-6-3-5-12(17)14-16-11(9-22-14)15(19)20/h9-10,12H,1-8H2,(H,19,20)/t10-,12+/m0/s1. The van der Waals surface area contributed by atoms with E-state index in [0.717, 1.165) is 50.3 Å². The van der Waals surface area contributed by atoms with Gasteiger partial charge in [0.05, 0.1) is 18.6 Å². The van der Waals surface area contributed by atoms with Gasteiger partial charge in [0.25, 0.3) is 0 Å². The molecule has 2 fully saturated rings. The third-order valence-electron chi connectivity index (χ3n) is 4.28. The summed E-state index contributed by atoms with van der Waals surface area (Å²) >= 11 is 1.33. The zero-order valence-electron chi connectivity index (χ0n) is 12.4. The summed E-state index contributed by atoms with van der Waals surface area (Å²) in [6.07, 6.45) is 5.39. The maximum atomic E-state index is 12.5. The summed E-state index contributed by atoms with van der Waals surface area (Å²) in [4.78, 5) is 29.5. The van der Waals surface area contributed by atoms with Crippen molar-refractivity contribution in [3.8, 4) is 0 Å². The molecule has 6 nitrogen and oxygen atoms in total. The van der Waals surface area contributed by atoms with Crippen molar-refractivity contribution in [1.82, 2.24) is 9.88 Å². The molecule has 3 heterocycles. The summed E-state index contributed by atoms with van der Waals surface area (Å²) < 4.78 is 5.65. The average Bonchev–Trinajstić information content (AvgIpc) is 3.17.